The minimum atomic E-state index is -0.879. The van der Waals surface area contributed by atoms with Crippen LogP contribution >= 0.6 is 0 Å². The van der Waals surface area contributed by atoms with Crippen LogP contribution in [0.25, 0.3) is 0 Å². The maximum atomic E-state index is 10.2. The highest BCUT2D eigenvalue weighted by atomic mass is 16.4. The van der Waals surface area contributed by atoms with E-state index in [2.05, 4.69) is 0 Å². The van der Waals surface area contributed by atoms with E-state index in [1.165, 1.54) is 0 Å². The van der Waals surface area contributed by atoms with Gasteiger partial charge in [-0.25, -0.2) is 4.79 Å². The van der Waals surface area contributed by atoms with Gasteiger partial charge in [-0.05, 0) is 18.6 Å². The van der Waals surface area contributed by atoms with Gasteiger partial charge < -0.3 is 10.2 Å². The third kappa shape index (κ3) is 7.25. The van der Waals surface area contributed by atoms with Gasteiger partial charge in [0, 0.05) is 6.42 Å². The SMILES string of the molecule is CCCC(=O)O.O=C(O)c1ccccc1. The summed E-state index contributed by atoms with van der Waals surface area (Å²) in [5, 5.41) is 16.3. The fourth-order valence-corrected chi connectivity index (χ4v) is 0.795. The van der Waals surface area contributed by atoms with Crippen molar-refractivity contribution in [3.63, 3.8) is 0 Å². The van der Waals surface area contributed by atoms with Crippen molar-refractivity contribution in [1.82, 2.24) is 0 Å². The molecule has 4 nitrogen and oxygen atoms in total. The Morgan fingerprint density at radius 3 is 1.87 bits per heavy atom. The molecule has 0 bridgehead atoms. The summed E-state index contributed by atoms with van der Waals surface area (Å²) in [5.74, 6) is -1.59. The summed E-state index contributed by atoms with van der Waals surface area (Å²) in [4.78, 5) is 19.8. The number of carboxylic acid groups (broad SMARTS) is 2. The second-order valence-electron chi connectivity index (χ2n) is 2.81. The predicted octanol–water partition coefficient (Wildman–Crippen LogP) is 2.26. The zero-order valence-electron chi connectivity index (χ0n) is 8.51. The summed E-state index contributed by atoms with van der Waals surface area (Å²) in [7, 11) is 0. The predicted molar refractivity (Wildman–Crippen MR) is 55.9 cm³/mol. The molecule has 0 heterocycles. The molecule has 1 aromatic carbocycles. The highest BCUT2D eigenvalue weighted by Crippen LogP contribution is 1.96. The van der Waals surface area contributed by atoms with E-state index in [-0.39, 0.29) is 0 Å². The Morgan fingerprint density at radius 1 is 1.13 bits per heavy atom. The van der Waals surface area contributed by atoms with E-state index in [9.17, 15) is 9.59 Å². The van der Waals surface area contributed by atoms with Gasteiger partial charge in [-0.3, -0.25) is 4.79 Å². The second kappa shape index (κ2) is 7.55. The van der Waals surface area contributed by atoms with Gasteiger partial charge in [0.05, 0.1) is 5.56 Å². The van der Waals surface area contributed by atoms with E-state index in [1.807, 2.05) is 6.92 Å². The van der Waals surface area contributed by atoms with Gasteiger partial charge in [-0.1, -0.05) is 25.1 Å². The highest BCUT2D eigenvalue weighted by molar-refractivity contribution is 5.87. The smallest absolute Gasteiger partial charge is 0.335 e. The molecule has 1 rings (SSSR count). The number of carbonyl (C=O) groups is 2. The summed E-state index contributed by atoms with van der Waals surface area (Å²) in [6.07, 6.45) is 1.02. The van der Waals surface area contributed by atoms with E-state index in [0.29, 0.717) is 12.0 Å². The minimum absolute atomic E-state index is 0.292. The van der Waals surface area contributed by atoms with Crippen LogP contribution in [0.2, 0.25) is 0 Å². The van der Waals surface area contributed by atoms with Crippen molar-refractivity contribution in [2.24, 2.45) is 0 Å². The number of hydrogen-bond donors (Lipinski definition) is 2. The molecule has 0 fully saturated rings. The number of aliphatic carboxylic acids is 1. The van der Waals surface area contributed by atoms with Crippen molar-refractivity contribution >= 4 is 11.9 Å². The quantitative estimate of drug-likeness (QED) is 0.802. The van der Waals surface area contributed by atoms with Gasteiger partial charge in [-0.2, -0.15) is 0 Å². The van der Waals surface area contributed by atoms with Crippen LogP contribution < -0.4 is 0 Å². The monoisotopic (exact) mass is 210 g/mol. The Balaban J connectivity index is 0.000000288. The molecule has 0 atom stereocenters. The fraction of sp³-hybridized carbons (Fsp3) is 0.273. The van der Waals surface area contributed by atoms with Crippen LogP contribution in [-0.2, 0) is 4.79 Å². The van der Waals surface area contributed by atoms with Crippen LogP contribution in [-0.4, -0.2) is 22.2 Å². The number of hydrogen-bond acceptors (Lipinski definition) is 2. The first kappa shape index (κ1) is 13.2. The van der Waals surface area contributed by atoms with Gasteiger partial charge in [0.2, 0.25) is 0 Å². The third-order valence-corrected chi connectivity index (χ3v) is 1.48. The van der Waals surface area contributed by atoms with Crippen LogP contribution in [0.4, 0.5) is 0 Å². The van der Waals surface area contributed by atoms with Crippen molar-refractivity contribution < 1.29 is 19.8 Å². The molecule has 0 saturated carbocycles. The van der Waals surface area contributed by atoms with Crippen LogP contribution in [0.5, 0.6) is 0 Å². The Labute approximate surface area is 88.2 Å². The van der Waals surface area contributed by atoms with Crippen LogP contribution in [0.15, 0.2) is 30.3 Å². The molecule has 82 valence electrons. The molecule has 0 spiro atoms. The molecule has 0 radical (unpaired) electrons. The number of rotatable bonds is 3. The molecule has 0 saturated heterocycles. The Morgan fingerprint density at radius 2 is 1.67 bits per heavy atom. The van der Waals surface area contributed by atoms with Gasteiger partial charge in [0.1, 0.15) is 0 Å². The molecular formula is C11H14O4. The van der Waals surface area contributed by atoms with Gasteiger partial charge in [-0.15, -0.1) is 0 Å². The van der Waals surface area contributed by atoms with E-state index in [0.717, 1.165) is 6.42 Å². The molecule has 4 heteroatoms. The lowest BCUT2D eigenvalue weighted by Crippen LogP contribution is -1.93. The molecule has 2 N–H and O–H groups in total. The normalized spacial score (nSPS) is 8.60. The molecule has 0 aliphatic carbocycles. The lowest BCUT2D eigenvalue weighted by molar-refractivity contribution is -0.137. The highest BCUT2D eigenvalue weighted by Gasteiger charge is 1.96. The third-order valence-electron chi connectivity index (χ3n) is 1.48. The molecular weight excluding hydrogens is 196 g/mol. The molecule has 0 aliphatic rings. The summed E-state index contributed by atoms with van der Waals surface area (Å²) in [6.45, 7) is 1.84. The number of carboxylic acids is 2. The van der Waals surface area contributed by atoms with Crippen molar-refractivity contribution in [3.8, 4) is 0 Å². The minimum Gasteiger partial charge on any atom is -0.481 e. The van der Waals surface area contributed by atoms with Gasteiger partial charge in [0.15, 0.2) is 0 Å². The average molecular weight is 210 g/mol. The maximum Gasteiger partial charge on any atom is 0.335 e. The summed E-state index contributed by atoms with van der Waals surface area (Å²) in [6, 6.07) is 8.30. The zero-order chi connectivity index (χ0) is 11.7. The van der Waals surface area contributed by atoms with Gasteiger partial charge >= 0.3 is 11.9 Å². The van der Waals surface area contributed by atoms with Crippen LogP contribution in [0, 0.1) is 0 Å². The molecule has 0 amide bonds. The van der Waals surface area contributed by atoms with E-state index in [4.69, 9.17) is 10.2 Å². The van der Waals surface area contributed by atoms with E-state index in [1.54, 1.807) is 30.3 Å². The van der Waals surface area contributed by atoms with Crippen LogP contribution in [0.1, 0.15) is 30.1 Å². The summed E-state index contributed by atoms with van der Waals surface area (Å²) in [5.41, 5.74) is 0.331. The largest absolute Gasteiger partial charge is 0.481 e. The Kier molecular flexibility index (Phi) is 6.63. The van der Waals surface area contributed by atoms with Crippen molar-refractivity contribution in [2.45, 2.75) is 19.8 Å². The lowest BCUT2D eigenvalue weighted by Gasteiger charge is -1.88. The van der Waals surface area contributed by atoms with Crippen molar-refractivity contribution in [2.75, 3.05) is 0 Å². The second-order valence-corrected chi connectivity index (χ2v) is 2.81. The van der Waals surface area contributed by atoms with E-state index < -0.39 is 11.9 Å². The first-order valence-corrected chi connectivity index (χ1v) is 4.58. The standard InChI is InChI=1S/C7H6O2.C4H8O2/c8-7(9)6-4-2-1-3-5-6;1-2-3-4(5)6/h1-5H,(H,8,9);2-3H2,1H3,(H,5,6). The number of aromatic carboxylic acids is 1. The summed E-state index contributed by atoms with van der Waals surface area (Å²) < 4.78 is 0. The van der Waals surface area contributed by atoms with Gasteiger partial charge in [0.25, 0.3) is 0 Å². The molecule has 0 aliphatic heterocycles. The Bertz CT molecular complexity index is 306. The molecule has 1 aromatic rings. The zero-order valence-corrected chi connectivity index (χ0v) is 8.51. The molecule has 0 unspecified atom stereocenters. The van der Waals surface area contributed by atoms with Crippen molar-refractivity contribution in [1.29, 1.82) is 0 Å². The average Bonchev–Trinajstić information content (AvgIpc) is 2.20. The fourth-order valence-electron chi connectivity index (χ4n) is 0.795. The topological polar surface area (TPSA) is 74.6 Å². The maximum absolute atomic E-state index is 10.2. The van der Waals surface area contributed by atoms with Crippen LogP contribution in [0.3, 0.4) is 0 Å². The van der Waals surface area contributed by atoms with Crippen molar-refractivity contribution in [3.05, 3.63) is 35.9 Å². The first-order valence-electron chi connectivity index (χ1n) is 4.58. The lowest BCUT2D eigenvalue weighted by atomic mass is 10.2. The molecule has 0 aromatic heterocycles. The summed E-state index contributed by atoms with van der Waals surface area (Å²) >= 11 is 0. The Hall–Kier alpha value is -1.84. The molecule has 15 heavy (non-hydrogen) atoms. The first-order chi connectivity index (χ1) is 7.07. The van der Waals surface area contributed by atoms with E-state index >= 15 is 0 Å². The number of benzene rings is 1.